The quantitative estimate of drug-likeness (QED) is 0.846. The van der Waals surface area contributed by atoms with E-state index in [0.717, 1.165) is 4.90 Å². The highest BCUT2D eigenvalue weighted by Gasteiger charge is 2.26. The molecule has 2 rings (SSSR count). The first-order valence-electron chi connectivity index (χ1n) is 6.39. The van der Waals surface area contributed by atoms with E-state index in [1.807, 2.05) is 30.3 Å². The summed E-state index contributed by atoms with van der Waals surface area (Å²) in [6.07, 6.45) is 0. The van der Waals surface area contributed by atoms with Gasteiger partial charge in [0.15, 0.2) is 11.5 Å². The van der Waals surface area contributed by atoms with Crippen LogP contribution < -0.4 is 15.2 Å². The number of nitrogens with two attached hydrogens (primary N) is 1. The Morgan fingerprint density at radius 3 is 2.13 bits per heavy atom. The van der Waals surface area contributed by atoms with Crippen molar-refractivity contribution in [2.75, 3.05) is 20.0 Å². The molecule has 0 aliphatic heterocycles. The SMILES string of the molecule is COc1c(Cl)c(Sc2ccccc2N)c(OC)c(C#N)c1C#N. The third-order valence-electron chi connectivity index (χ3n) is 3.07. The molecule has 2 aromatic rings. The van der Waals surface area contributed by atoms with Crippen molar-refractivity contribution in [3.63, 3.8) is 0 Å². The molecule has 0 aromatic heterocycles. The number of para-hydroxylation sites is 1. The van der Waals surface area contributed by atoms with Crippen molar-refractivity contribution in [3.05, 3.63) is 40.4 Å². The van der Waals surface area contributed by atoms with Crippen molar-refractivity contribution in [1.82, 2.24) is 0 Å². The van der Waals surface area contributed by atoms with Crippen molar-refractivity contribution in [2.24, 2.45) is 0 Å². The highest BCUT2D eigenvalue weighted by atomic mass is 35.5. The maximum Gasteiger partial charge on any atom is 0.158 e. The lowest BCUT2D eigenvalue weighted by Crippen LogP contribution is -2.00. The maximum atomic E-state index is 9.40. The number of anilines is 1. The smallest absolute Gasteiger partial charge is 0.158 e. The number of benzene rings is 2. The fraction of sp³-hybridized carbons (Fsp3) is 0.125. The zero-order valence-corrected chi connectivity index (χ0v) is 14.0. The van der Waals surface area contributed by atoms with Crippen LogP contribution in [0.25, 0.3) is 0 Å². The molecule has 23 heavy (non-hydrogen) atoms. The molecule has 0 atom stereocenters. The zero-order valence-electron chi connectivity index (χ0n) is 12.4. The number of halogens is 1. The van der Waals surface area contributed by atoms with E-state index in [1.54, 1.807) is 6.07 Å². The van der Waals surface area contributed by atoms with Crippen LogP contribution in [0.2, 0.25) is 5.02 Å². The minimum Gasteiger partial charge on any atom is -0.494 e. The molecule has 0 spiro atoms. The van der Waals surface area contributed by atoms with Crippen LogP contribution in [0.15, 0.2) is 34.1 Å². The summed E-state index contributed by atoms with van der Waals surface area (Å²) in [6, 6.07) is 11.2. The summed E-state index contributed by atoms with van der Waals surface area (Å²) in [6.45, 7) is 0. The molecule has 2 aromatic carbocycles. The summed E-state index contributed by atoms with van der Waals surface area (Å²) in [5.41, 5.74) is 6.64. The van der Waals surface area contributed by atoms with Crippen LogP contribution in [0, 0.1) is 22.7 Å². The van der Waals surface area contributed by atoms with Crippen LogP contribution in [-0.2, 0) is 0 Å². The van der Waals surface area contributed by atoms with Crippen molar-refractivity contribution in [2.45, 2.75) is 9.79 Å². The van der Waals surface area contributed by atoms with Crippen molar-refractivity contribution < 1.29 is 9.47 Å². The predicted molar refractivity (Wildman–Crippen MR) is 89.0 cm³/mol. The Balaban J connectivity index is 2.76. The number of methoxy groups -OCH3 is 2. The van der Waals surface area contributed by atoms with E-state index in [9.17, 15) is 10.5 Å². The van der Waals surface area contributed by atoms with Gasteiger partial charge in [0.25, 0.3) is 0 Å². The topological polar surface area (TPSA) is 92.1 Å². The van der Waals surface area contributed by atoms with Gasteiger partial charge in [0.2, 0.25) is 0 Å². The van der Waals surface area contributed by atoms with E-state index in [0.29, 0.717) is 10.6 Å². The summed E-state index contributed by atoms with van der Waals surface area (Å²) in [5, 5.41) is 18.9. The van der Waals surface area contributed by atoms with Crippen LogP contribution in [0.1, 0.15) is 11.1 Å². The molecule has 0 heterocycles. The van der Waals surface area contributed by atoms with Gasteiger partial charge in [-0.15, -0.1) is 0 Å². The molecule has 0 saturated carbocycles. The molecule has 0 aliphatic carbocycles. The minimum absolute atomic E-state index is 0.0437. The summed E-state index contributed by atoms with van der Waals surface area (Å²) < 4.78 is 10.5. The molecule has 0 bridgehead atoms. The van der Waals surface area contributed by atoms with Crippen molar-refractivity contribution in [1.29, 1.82) is 10.5 Å². The highest BCUT2D eigenvalue weighted by Crippen LogP contribution is 2.49. The van der Waals surface area contributed by atoms with Gasteiger partial charge in [-0.05, 0) is 12.1 Å². The lowest BCUT2D eigenvalue weighted by molar-refractivity contribution is 0.392. The third kappa shape index (κ3) is 3.00. The number of rotatable bonds is 4. The van der Waals surface area contributed by atoms with Gasteiger partial charge in [-0.25, -0.2) is 0 Å². The number of nitrogens with zero attached hydrogens (tertiary/aromatic N) is 2. The number of hydrogen-bond acceptors (Lipinski definition) is 6. The molecule has 5 nitrogen and oxygen atoms in total. The van der Waals surface area contributed by atoms with Gasteiger partial charge in [0, 0.05) is 10.6 Å². The van der Waals surface area contributed by atoms with Crippen LogP contribution >= 0.6 is 23.4 Å². The first-order chi connectivity index (χ1) is 11.1. The lowest BCUT2D eigenvalue weighted by Gasteiger charge is -2.17. The number of ether oxygens (including phenoxy) is 2. The molecule has 0 saturated heterocycles. The van der Waals surface area contributed by atoms with Crippen LogP contribution in [0.3, 0.4) is 0 Å². The Morgan fingerprint density at radius 1 is 1.04 bits per heavy atom. The first kappa shape index (κ1) is 16.8. The summed E-state index contributed by atoms with van der Waals surface area (Å²) in [7, 11) is 2.81. The van der Waals surface area contributed by atoms with Gasteiger partial charge in [-0.3, -0.25) is 0 Å². The Labute approximate surface area is 143 Å². The number of nitrogen functional groups attached to an aromatic ring is 1. The van der Waals surface area contributed by atoms with Gasteiger partial charge in [0.1, 0.15) is 28.3 Å². The Hall–Kier alpha value is -2.54. The summed E-state index contributed by atoms with van der Waals surface area (Å²) in [4.78, 5) is 1.22. The maximum absolute atomic E-state index is 9.40. The first-order valence-corrected chi connectivity index (χ1v) is 7.58. The average Bonchev–Trinajstić information content (AvgIpc) is 2.57. The molecular formula is C16H12ClN3O2S. The Kier molecular flexibility index (Phi) is 5.23. The van der Waals surface area contributed by atoms with E-state index in [4.69, 9.17) is 26.8 Å². The molecule has 2 N–H and O–H groups in total. The number of nitriles is 2. The molecule has 0 fully saturated rings. The third-order valence-corrected chi connectivity index (χ3v) is 4.73. The molecule has 0 aliphatic rings. The van der Waals surface area contributed by atoms with E-state index < -0.39 is 0 Å². The van der Waals surface area contributed by atoms with E-state index in [1.165, 1.54) is 26.0 Å². The second-order valence-corrected chi connectivity index (χ2v) is 5.75. The largest absolute Gasteiger partial charge is 0.494 e. The molecule has 0 radical (unpaired) electrons. The second-order valence-electron chi connectivity index (χ2n) is 4.32. The van der Waals surface area contributed by atoms with E-state index >= 15 is 0 Å². The fourth-order valence-electron chi connectivity index (χ4n) is 2.03. The predicted octanol–water partition coefficient (Wildman–Crippen LogP) is 3.83. The minimum atomic E-state index is 0.0437. The standard InChI is InChI=1S/C16H12ClN3O2S/c1-21-14-9(7-18)10(8-19)15(22-2)16(13(14)17)23-12-6-4-3-5-11(12)20/h3-6H,20H2,1-2H3. The summed E-state index contributed by atoms with van der Waals surface area (Å²) >= 11 is 7.63. The second kappa shape index (κ2) is 7.15. The summed E-state index contributed by atoms with van der Waals surface area (Å²) in [5.74, 6) is 0.367. The van der Waals surface area contributed by atoms with Gasteiger partial charge in [-0.2, -0.15) is 10.5 Å². The average molecular weight is 346 g/mol. The molecular weight excluding hydrogens is 334 g/mol. The van der Waals surface area contributed by atoms with Crippen molar-refractivity contribution >= 4 is 29.1 Å². The van der Waals surface area contributed by atoms with Gasteiger partial charge < -0.3 is 15.2 Å². The van der Waals surface area contributed by atoms with E-state index in [2.05, 4.69) is 0 Å². The Bertz CT molecular complexity index is 841. The van der Waals surface area contributed by atoms with Gasteiger partial charge >= 0.3 is 0 Å². The Morgan fingerprint density at radius 2 is 1.61 bits per heavy atom. The lowest BCUT2D eigenvalue weighted by atomic mass is 10.1. The van der Waals surface area contributed by atoms with Gasteiger partial charge in [0.05, 0.1) is 19.1 Å². The van der Waals surface area contributed by atoms with Crippen LogP contribution in [0.5, 0.6) is 11.5 Å². The van der Waals surface area contributed by atoms with Crippen LogP contribution in [0.4, 0.5) is 5.69 Å². The van der Waals surface area contributed by atoms with Crippen LogP contribution in [-0.4, -0.2) is 14.2 Å². The molecule has 0 amide bonds. The van der Waals surface area contributed by atoms with E-state index in [-0.39, 0.29) is 27.6 Å². The van der Waals surface area contributed by atoms with Gasteiger partial charge in [-0.1, -0.05) is 35.5 Å². The zero-order chi connectivity index (χ0) is 17.0. The number of hydrogen-bond donors (Lipinski definition) is 1. The fourth-order valence-corrected chi connectivity index (χ4v) is 3.41. The molecule has 0 unspecified atom stereocenters. The normalized spacial score (nSPS) is 9.78. The highest BCUT2D eigenvalue weighted by molar-refractivity contribution is 7.99. The molecule has 116 valence electrons. The molecule has 7 heteroatoms. The van der Waals surface area contributed by atoms with Crippen molar-refractivity contribution in [3.8, 4) is 23.6 Å². The monoisotopic (exact) mass is 345 g/mol.